The monoisotopic (exact) mass is 266 g/mol. The first-order valence-electron chi connectivity index (χ1n) is 7.21. The van der Waals surface area contributed by atoms with Gasteiger partial charge in [0, 0.05) is 15.8 Å². The van der Waals surface area contributed by atoms with E-state index < -0.39 is 0 Å². The third-order valence-corrected chi connectivity index (χ3v) is 5.22. The fourth-order valence-electron chi connectivity index (χ4n) is 2.75. The van der Waals surface area contributed by atoms with Crippen LogP contribution in [0, 0.1) is 12.8 Å². The Balaban J connectivity index is 1.82. The summed E-state index contributed by atoms with van der Waals surface area (Å²) in [6, 6.07) is 5.15. The Labute approximate surface area is 115 Å². The van der Waals surface area contributed by atoms with E-state index in [0.717, 1.165) is 12.5 Å². The summed E-state index contributed by atoms with van der Waals surface area (Å²) in [5, 5.41) is 3.48. The molecule has 0 amide bonds. The quantitative estimate of drug-likeness (QED) is 0.878. The van der Waals surface area contributed by atoms with Gasteiger partial charge in [-0.2, -0.15) is 0 Å². The summed E-state index contributed by atoms with van der Waals surface area (Å²) in [5.74, 6) is 0.887. The van der Waals surface area contributed by atoms with Gasteiger partial charge in [0.15, 0.2) is 0 Å². The lowest BCUT2D eigenvalue weighted by atomic mass is 9.95. The Bertz CT molecular complexity index is 353. The van der Waals surface area contributed by atoms with Gasteiger partial charge in [0.05, 0.1) is 0 Å². The van der Waals surface area contributed by atoms with E-state index in [4.69, 9.17) is 0 Å². The molecule has 18 heavy (non-hydrogen) atoms. The number of hydrogen-bond donors (Lipinski definition) is 1. The van der Waals surface area contributed by atoms with Gasteiger partial charge in [0.1, 0.15) is 0 Å². The SMILES string of the molecule is CCNCC1CCN(C(C)c2ccc(C)s2)CC1. The van der Waals surface area contributed by atoms with Crippen molar-refractivity contribution >= 4 is 11.3 Å². The maximum absolute atomic E-state index is 3.48. The number of thiophene rings is 1. The fraction of sp³-hybridized carbons (Fsp3) is 0.733. The Morgan fingerprint density at radius 3 is 2.67 bits per heavy atom. The molecule has 1 aromatic rings. The zero-order valence-electron chi connectivity index (χ0n) is 11.9. The van der Waals surface area contributed by atoms with Gasteiger partial charge in [0.2, 0.25) is 0 Å². The van der Waals surface area contributed by atoms with E-state index in [1.54, 1.807) is 0 Å². The van der Waals surface area contributed by atoms with Crippen molar-refractivity contribution in [2.75, 3.05) is 26.2 Å². The normalized spacial score (nSPS) is 20.2. The summed E-state index contributed by atoms with van der Waals surface area (Å²) in [6.07, 6.45) is 2.70. The predicted octanol–water partition coefficient (Wildman–Crippen LogP) is 3.44. The molecule has 1 aromatic heterocycles. The van der Waals surface area contributed by atoms with Crippen LogP contribution in [0.25, 0.3) is 0 Å². The van der Waals surface area contributed by atoms with Gasteiger partial charge < -0.3 is 5.32 Å². The molecule has 0 spiro atoms. The van der Waals surface area contributed by atoms with E-state index in [0.29, 0.717) is 6.04 Å². The van der Waals surface area contributed by atoms with Gasteiger partial charge in [-0.05, 0) is 70.9 Å². The van der Waals surface area contributed by atoms with Crippen LogP contribution in [0.3, 0.4) is 0 Å². The van der Waals surface area contributed by atoms with Gasteiger partial charge in [-0.1, -0.05) is 6.92 Å². The number of rotatable bonds is 5. The molecule has 0 saturated carbocycles. The lowest BCUT2D eigenvalue weighted by Crippen LogP contribution is -2.38. The van der Waals surface area contributed by atoms with Crippen molar-refractivity contribution in [1.29, 1.82) is 0 Å². The van der Waals surface area contributed by atoms with Gasteiger partial charge in [-0.25, -0.2) is 0 Å². The van der Waals surface area contributed by atoms with Crippen LogP contribution in [0.1, 0.15) is 42.5 Å². The van der Waals surface area contributed by atoms with E-state index in [9.17, 15) is 0 Å². The molecule has 1 atom stereocenters. The maximum atomic E-state index is 3.48. The molecule has 1 aliphatic heterocycles. The van der Waals surface area contributed by atoms with Crippen LogP contribution in [-0.2, 0) is 0 Å². The van der Waals surface area contributed by atoms with E-state index in [2.05, 4.69) is 43.1 Å². The number of hydrogen-bond acceptors (Lipinski definition) is 3. The van der Waals surface area contributed by atoms with Crippen LogP contribution in [0.2, 0.25) is 0 Å². The number of likely N-dealkylation sites (tertiary alicyclic amines) is 1. The van der Waals surface area contributed by atoms with Crippen molar-refractivity contribution in [3.63, 3.8) is 0 Å². The highest BCUT2D eigenvalue weighted by atomic mass is 32.1. The lowest BCUT2D eigenvalue weighted by Gasteiger charge is -2.35. The van der Waals surface area contributed by atoms with Crippen molar-refractivity contribution in [3.05, 3.63) is 21.9 Å². The second kappa shape index (κ2) is 6.69. The van der Waals surface area contributed by atoms with Crippen LogP contribution >= 0.6 is 11.3 Å². The van der Waals surface area contributed by atoms with Gasteiger partial charge in [0.25, 0.3) is 0 Å². The smallest absolute Gasteiger partial charge is 0.0413 e. The number of piperidine rings is 1. The average molecular weight is 266 g/mol. The molecule has 0 bridgehead atoms. The second-order valence-electron chi connectivity index (χ2n) is 5.41. The molecule has 1 saturated heterocycles. The summed E-state index contributed by atoms with van der Waals surface area (Å²) in [7, 11) is 0. The van der Waals surface area contributed by atoms with E-state index >= 15 is 0 Å². The summed E-state index contributed by atoms with van der Waals surface area (Å²) in [4.78, 5) is 5.60. The summed E-state index contributed by atoms with van der Waals surface area (Å²) >= 11 is 1.95. The van der Waals surface area contributed by atoms with Crippen LogP contribution in [0.15, 0.2) is 12.1 Å². The average Bonchev–Trinajstić information content (AvgIpc) is 2.83. The minimum Gasteiger partial charge on any atom is -0.317 e. The molecular formula is C15H26N2S. The molecule has 1 N–H and O–H groups in total. The first-order valence-corrected chi connectivity index (χ1v) is 8.03. The fourth-order valence-corrected chi connectivity index (χ4v) is 3.71. The van der Waals surface area contributed by atoms with E-state index in [-0.39, 0.29) is 0 Å². The highest BCUT2D eigenvalue weighted by Crippen LogP contribution is 2.30. The summed E-state index contributed by atoms with van der Waals surface area (Å²) in [5.41, 5.74) is 0. The zero-order valence-corrected chi connectivity index (χ0v) is 12.7. The van der Waals surface area contributed by atoms with Gasteiger partial charge in [-0.3, -0.25) is 4.90 Å². The van der Waals surface area contributed by atoms with E-state index in [1.165, 1.54) is 42.2 Å². The Morgan fingerprint density at radius 1 is 1.39 bits per heavy atom. The topological polar surface area (TPSA) is 15.3 Å². The largest absolute Gasteiger partial charge is 0.317 e. The zero-order chi connectivity index (χ0) is 13.0. The van der Waals surface area contributed by atoms with Crippen molar-refractivity contribution in [2.45, 2.75) is 39.7 Å². The maximum Gasteiger partial charge on any atom is 0.0413 e. The molecule has 3 heteroatoms. The summed E-state index contributed by atoms with van der Waals surface area (Å²) in [6.45, 7) is 11.6. The van der Waals surface area contributed by atoms with Crippen molar-refractivity contribution in [3.8, 4) is 0 Å². The third-order valence-electron chi connectivity index (χ3n) is 4.05. The van der Waals surface area contributed by atoms with Crippen molar-refractivity contribution in [2.24, 2.45) is 5.92 Å². The molecule has 0 radical (unpaired) electrons. The van der Waals surface area contributed by atoms with Crippen LogP contribution in [0.5, 0.6) is 0 Å². The number of nitrogens with one attached hydrogen (secondary N) is 1. The second-order valence-corrected chi connectivity index (χ2v) is 6.73. The molecule has 1 aliphatic rings. The minimum atomic E-state index is 0.601. The molecule has 0 aromatic carbocycles. The third kappa shape index (κ3) is 3.56. The standard InChI is InChI=1S/C15H26N2S/c1-4-16-11-14-7-9-17(10-8-14)13(3)15-6-5-12(2)18-15/h5-6,13-14,16H,4,7-11H2,1-3H3. The van der Waals surface area contributed by atoms with Crippen LogP contribution in [-0.4, -0.2) is 31.1 Å². The highest BCUT2D eigenvalue weighted by molar-refractivity contribution is 7.12. The molecule has 102 valence electrons. The van der Waals surface area contributed by atoms with Crippen molar-refractivity contribution in [1.82, 2.24) is 10.2 Å². The Morgan fingerprint density at radius 2 is 2.11 bits per heavy atom. The first kappa shape index (κ1) is 14.0. The minimum absolute atomic E-state index is 0.601. The summed E-state index contributed by atoms with van der Waals surface area (Å²) < 4.78 is 0. The Hall–Kier alpha value is -0.380. The Kier molecular flexibility index (Phi) is 5.22. The van der Waals surface area contributed by atoms with E-state index in [1.807, 2.05) is 11.3 Å². The molecule has 2 rings (SSSR count). The molecular weight excluding hydrogens is 240 g/mol. The molecule has 2 heterocycles. The number of aryl methyl sites for hydroxylation is 1. The lowest BCUT2D eigenvalue weighted by molar-refractivity contribution is 0.142. The molecule has 0 aliphatic carbocycles. The van der Waals surface area contributed by atoms with Crippen LogP contribution in [0.4, 0.5) is 0 Å². The number of nitrogens with zero attached hydrogens (tertiary/aromatic N) is 1. The molecule has 2 nitrogen and oxygen atoms in total. The van der Waals surface area contributed by atoms with Crippen LogP contribution < -0.4 is 5.32 Å². The first-order chi connectivity index (χ1) is 8.70. The predicted molar refractivity (Wildman–Crippen MR) is 80.3 cm³/mol. The molecule has 1 fully saturated rings. The highest BCUT2D eigenvalue weighted by Gasteiger charge is 2.23. The molecule has 1 unspecified atom stereocenters. The van der Waals surface area contributed by atoms with Crippen molar-refractivity contribution < 1.29 is 0 Å². The van der Waals surface area contributed by atoms with Gasteiger partial charge >= 0.3 is 0 Å². The van der Waals surface area contributed by atoms with Gasteiger partial charge in [-0.15, -0.1) is 11.3 Å².